The Morgan fingerprint density at radius 1 is 1.14 bits per heavy atom. The van der Waals surface area contributed by atoms with Crippen molar-refractivity contribution in [2.45, 2.75) is 78.6 Å². The quantitative estimate of drug-likeness (QED) is 0.516. The van der Waals surface area contributed by atoms with Gasteiger partial charge in [-0.3, -0.25) is 0 Å². The van der Waals surface area contributed by atoms with Crippen LogP contribution in [-0.4, -0.2) is 0 Å². The molecule has 0 bridgehead atoms. The third-order valence-corrected chi connectivity index (χ3v) is 8.67. The molecule has 4 aliphatic rings. The smallest absolute Gasteiger partial charge is 0.00447 e. The SMILES string of the molecule is C=C1C[C@H]2[C@@H]3CC[C@H](CC)[C@@]3(C)CC[C@@H]2[C@@]2(C)CCCC=C12. The second-order valence-electron chi connectivity index (χ2n) is 9.34. The molecule has 22 heavy (non-hydrogen) atoms. The van der Waals surface area contributed by atoms with Crippen LogP contribution in [0.15, 0.2) is 23.8 Å². The summed E-state index contributed by atoms with van der Waals surface area (Å²) < 4.78 is 0. The van der Waals surface area contributed by atoms with Gasteiger partial charge in [-0.25, -0.2) is 0 Å². The van der Waals surface area contributed by atoms with Gasteiger partial charge in [0.2, 0.25) is 0 Å². The van der Waals surface area contributed by atoms with Gasteiger partial charge in [0.15, 0.2) is 0 Å². The van der Waals surface area contributed by atoms with E-state index in [4.69, 9.17) is 0 Å². The van der Waals surface area contributed by atoms with Crippen molar-refractivity contribution in [3.05, 3.63) is 23.8 Å². The third-order valence-electron chi connectivity index (χ3n) is 8.67. The van der Waals surface area contributed by atoms with Gasteiger partial charge in [-0.2, -0.15) is 0 Å². The largest absolute Gasteiger partial charge is 0.0955 e. The van der Waals surface area contributed by atoms with Gasteiger partial charge < -0.3 is 0 Å². The van der Waals surface area contributed by atoms with Crippen LogP contribution in [0.1, 0.15) is 78.6 Å². The maximum Gasteiger partial charge on any atom is -0.00447 e. The first-order chi connectivity index (χ1) is 10.5. The first kappa shape index (κ1) is 15.0. The molecule has 4 rings (SSSR count). The summed E-state index contributed by atoms with van der Waals surface area (Å²) in [6.45, 7) is 12.2. The summed E-state index contributed by atoms with van der Waals surface area (Å²) >= 11 is 0. The highest BCUT2D eigenvalue weighted by Gasteiger charge is 2.58. The van der Waals surface area contributed by atoms with Crippen molar-refractivity contribution in [2.75, 3.05) is 0 Å². The highest BCUT2D eigenvalue weighted by atomic mass is 14.6. The average Bonchev–Trinajstić information content (AvgIpc) is 2.84. The van der Waals surface area contributed by atoms with Crippen LogP contribution in [-0.2, 0) is 0 Å². The lowest BCUT2D eigenvalue weighted by molar-refractivity contribution is -0.0416. The summed E-state index contributed by atoms with van der Waals surface area (Å²) in [5.74, 6) is 3.84. The summed E-state index contributed by atoms with van der Waals surface area (Å²) in [5.41, 5.74) is 4.29. The van der Waals surface area contributed by atoms with Crippen molar-refractivity contribution in [3.63, 3.8) is 0 Å². The summed E-state index contributed by atoms with van der Waals surface area (Å²) in [6, 6.07) is 0. The van der Waals surface area contributed by atoms with Gasteiger partial charge in [-0.1, -0.05) is 45.4 Å². The van der Waals surface area contributed by atoms with Crippen LogP contribution < -0.4 is 0 Å². The van der Waals surface area contributed by atoms with Crippen LogP contribution in [0.5, 0.6) is 0 Å². The standard InChI is InChI=1S/C22H34/c1-5-16-9-10-19-17-14-15(2)18-8-6-7-12-22(18,4)20(17)11-13-21(16,19)3/h8,16-17,19-20H,2,5-7,9-14H2,1,3-4H3/t16-,17-,19-,20-,21+,22-/m0/s1. The maximum atomic E-state index is 4.54. The predicted octanol–water partition coefficient (Wildman–Crippen LogP) is 6.53. The predicted molar refractivity (Wildman–Crippen MR) is 94.6 cm³/mol. The molecule has 0 saturated heterocycles. The Hall–Kier alpha value is -0.520. The van der Waals surface area contributed by atoms with Gasteiger partial charge in [0.25, 0.3) is 0 Å². The molecule has 122 valence electrons. The molecule has 0 radical (unpaired) electrons. The number of rotatable bonds is 1. The Labute approximate surface area is 137 Å². The molecule has 0 N–H and O–H groups in total. The molecule has 0 unspecified atom stereocenters. The highest BCUT2D eigenvalue weighted by Crippen LogP contribution is 2.67. The highest BCUT2D eigenvalue weighted by molar-refractivity contribution is 5.40. The molecule has 0 aliphatic heterocycles. The third kappa shape index (κ3) is 1.82. The minimum atomic E-state index is 0.462. The van der Waals surface area contributed by atoms with Crippen LogP contribution in [0.4, 0.5) is 0 Å². The molecule has 0 aromatic rings. The molecule has 0 nitrogen and oxygen atoms in total. The zero-order chi connectivity index (χ0) is 15.5. The first-order valence-electron chi connectivity index (χ1n) is 9.89. The van der Waals surface area contributed by atoms with Crippen molar-refractivity contribution in [1.29, 1.82) is 0 Å². The number of fused-ring (bicyclic) bond motifs is 5. The van der Waals surface area contributed by atoms with Crippen LogP contribution in [0.25, 0.3) is 0 Å². The molecule has 0 aromatic carbocycles. The molecule has 0 heterocycles. The molecule has 3 fully saturated rings. The number of hydrogen-bond donors (Lipinski definition) is 0. The van der Waals surface area contributed by atoms with Crippen molar-refractivity contribution in [3.8, 4) is 0 Å². The lowest BCUT2D eigenvalue weighted by Gasteiger charge is -2.58. The summed E-state index contributed by atoms with van der Waals surface area (Å²) in [6.07, 6.45) is 15.3. The van der Waals surface area contributed by atoms with Gasteiger partial charge in [0, 0.05) is 0 Å². The Bertz CT molecular complexity index is 512. The second-order valence-corrected chi connectivity index (χ2v) is 9.34. The van der Waals surface area contributed by atoms with E-state index < -0.39 is 0 Å². The zero-order valence-corrected chi connectivity index (χ0v) is 15.0. The molecule has 6 atom stereocenters. The summed E-state index contributed by atoms with van der Waals surface area (Å²) in [5, 5.41) is 0. The van der Waals surface area contributed by atoms with E-state index in [1.807, 2.05) is 0 Å². The van der Waals surface area contributed by atoms with E-state index in [1.54, 1.807) is 5.57 Å². The molecular formula is C22H34. The number of allylic oxidation sites excluding steroid dienone is 3. The maximum absolute atomic E-state index is 4.54. The molecular weight excluding hydrogens is 264 g/mol. The number of hydrogen-bond acceptors (Lipinski definition) is 0. The topological polar surface area (TPSA) is 0 Å². The van der Waals surface area contributed by atoms with Gasteiger partial charge in [0.05, 0.1) is 0 Å². The summed E-state index contributed by atoms with van der Waals surface area (Å²) in [4.78, 5) is 0. The molecule has 0 aromatic heterocycles. The molecule has 3 saturated carbocycles. The monoisotopic (exact) mass is 298 g/mol. The molecule has 0 heteroatoms. The Balaban J connectivity index is 1.71. The van der Waals surface area contributed by atoms with Gasteiger partial charge in [-0.15, -0.1) is 0 Å². The van der Waals surface area contributed by atoms with E-state index in [9.17, 15) is 0 Å². The Kier molecular flexibility index (Phi) is 3.41. The van der Waals surface area contributed by atoms with E-state index in [-0.39, 0.29) is 0 Å². The summed E-state index contributed by atoms with van der Waals surface area (Å²) in [7, 11) is 0. The van der Waals surface area contributed by atoms with Crippen LogP contribution >= 0.6 is 0 Å². The van der Waals surface area contributed by atoms with Gasteiger partial charge in [0.1, 0.15) is 0 Å². The van der Waals surface area contributed by atoms with E-state index in [2.05, 4.69) is 33.4 Å². The van der Waals surface area contributed by atoms with Crippen molar-refractivity contribution < 1.29 is 0 Å². The second kappa shape index (κ2) is 4.99. The van der Waals surface area contributed by atoms with Crippen molar-refractivity contribution in [2.24, 2.45) is 34.5 Å². The van der Waals surface area contributed by atoms with Crippen LogP contribution in [0, 0.1) is 34.5 Å². The minimum absolute atomic E-state index is 0.462. The molecule has 4 aliphatic carbocycles. The fraction of sp³-hybridized carbons (Fsp3) is 0.818. The van der Waals surface area contributed by atoms with Gasteiger partial charge in [-0.05, 0) is 91.4 Å². The fourth-order valence-electron chi connectivity index (χ4n) is 7.55. The van der Waals surface area contributed by atoms with E-state index >= 15 is 0 Å². The first-order valence-corrected chi connectivity index (χ1v) is 9.89. The lowest BCUT2D eigenvalue weighted by atomic mass is 9.46. The fourth-order valence-corrected chi connectivity index (χ4v) is 7.55. The Morgan fingerprint density at radius 3 is 2.73 bits per heavy atom. The zero-order valence-electron chi connectivity index (χ0n) is 15.0. The molecule has 0 amide bonds. The van der Waals surface area contributed by atoms with Crippen molar-refractivity contribution in [1.82, 2.24) is 0 Å². The van der Waals surface area contributed by atoms with E-state index in [0.29, 0.717) is 10.8 Å². The van der Waals surface area contributed by atoms with Gasteiger partial charge >= 0.3 is 0 Å². The normalized spacial score (nSPS) is 50.9. The Morgan fingerprint density at radius 2 is 1.95 bits per heavy atom. The lowest BCUT2D eigenvalue weighted by Crippen LogP contribution is -2.50. The van der Waals surface area contributed by atoms with Crippen LogP contribution in [0.2, 0.25) is 0 Å². The van der Waals surface area contributed by atoms with E-state index in [0.717, 1.165) is 23.7 Å². The van der Waals surface area contributed by atoms with Crippen LogP contribution in [0.3, 0.4) is 0 Å². The molecule has 0 spiro atoms. The average molecular weight is 299 g/mol. The van der Waals surface area contributed by atoms with E-state index in [1.165, 1.54) is 63.4 Å². The minimum Gasteiger partial charge on any atom is -0.0955 e. The van der Waals surface area contributed by atoms with Crippen molar-refractivity contribution >= 4 is 0 Å².